The summed E-state index contributed by atoms with van der Waals surface area (Å²) >= 11 is 0. The SMILES string of the molecule is CN(C)c1cccc(-c2ccc(C#N)c(=O)[nH]2)c1. The van der Waals surface area contributed by atoms with E-state index in [1.165, 1.54) is 6.07 Å². The summed E-state index contributed by atoms with van der Waals surface area (Å²) in [5.41, 5.74) is 2.45. The zero-order chi connectivity index (χ0) is 13.1. The highest BCUT2D eigenvalue weighted by Crippen LogP contribution is 2.21. The summed E-state index contributed by atoms with van der Waals surface area (Å²) in [6, 6.07) is 13.0. The van der Waals surface area contributed by atoms with Crippen LogP contribution < -0.4 is 10.5 Å². The highest BCUT2D eigenvalue weighted by Gasteiger charge is 2.04. The molecule has 2 rings (SSSR count). The lowest BCUT2D eigenvalue weighted by Gasteiger charge is -2.13. The van der Waals surface area contributed by atoms with Gasteiger partial charge in [-0.25, -0.2) is 0 Å². The number of aromatic nitrogens is 1. The molecule has 4 heteroatoms. The lowest BCUT2D eigenvalue weighted by molar-refractivity contribution is 1.13. The summed E-state index contributed by atoms with van der Waals surface area (Å²) in [4.78, 5) is 16.3. The van der Waals surface area contributed by atoms with Crippen molar-refractivity contribution in [2.45, 2.75) is 0 Å². The van der Waals surface area contributed by atoms with Gasteiger partial charge in [0.2, 0.25) is 0 Å². The fourth-order valence-electron chi connectivity index (χ4n) is 1.68. The van der Waals surface area contributed by atoms with Gasteiger partial charge in [-0.05, 0) is 24.3 Å². The second-order valence-corrected chi connectivity index (χ2v) is 4.17. The molecule has 0 spiro atoms. The molecule has 0 aliphatic rings. The van der Waals surface area contributed by atoms with Crippen molar-refractivity contribution in [3.05, 3.63) is 52.3 Å². The van der Waals surface area contributed by atoms with Crippen LogP contribution in [0.2, 0.25) is 0 Å². The van der Waals surface area contributed by atoms with Crippen molar-refractivity contribution in [2.75, 3.05) is 19.0 Å². The van der Waals surface area contributed by atoms with Crippen LogP contribution in [-0.4, -0.2) is 19.1 Å². The fraction of sp³-hybridized carbons (Fsp3) is 0.143. The summed E-state index contributed by atoms with van der Waals surface area (Å²) in [6.45, 7) is 0. The number of rotatable bonds is 2. The summed E-state index contributed by atoms with van der Waals surface area (Å²) < 4.78 is 0. The lowest BCUT2D eigenvalue weighted by Crippen LogP contribution is -2.11. The Morgan fingerprint density at radius 3 is 2.61 bits per heavy atom. The van der Waals surface area contributed by atoms with Gasteiger partial charge in [-0.3, -0.25) is 4.79 Å². The van der Waals surface area contributed by atoms with Crippen LogP contribution >= 0.6 is 0 Å². The zero-order valence-corrected chi connectivity index (χ0v) is 10.3. The third kappa shape index (κ3) is 2.25. The van der Waals surface area contributed by atoms with Crippen molar-refractivity contribution in [2.24, 2.45) is 0 Å². The van der Waals surface area contributed by atoms with E-state index in [1.54, 1.807) is 6.07 Å². The molecule has 0 aliphatic carbocycles. The molecule has 0 unspecified atom stereocenters. The molecule has 0 radical (unpaired) electrons. The van der Waals surface area contributed by atoms with Gasteiger partial charge in [-0.1, -0.05) is 12.1 Å². The molecule has 0 atom stereocenters. The molecule has 4 nitrogen and oxygen atoms in total. The van der Waals surface area contributed by atoms with Crippen molar-refractivity contribution in [3.8, 4) is 17.3 Å². The molecule has 1 aromatic carbocycles. The van der Waals surface area contributed by atoms with Crippen LogP contribution in [0.5, 0.6) is 0 Å². The Hall–Kier alpha value is -2.54. The fourth-order valence-corrected chi connectivity index (χ4v) is 1.68. The average molecular weight is 239 g/mol. The van der Waals surface area contributed by atoms with E-state index in [4.69, 9.17) is 5.26 Å². The molecular formula is C14H13N3O. The van der Waals surface area contributed by atoms with E-state index >= 15 is 0 Å². The monoisotopic (exact) mass is 239 g/mol. The number of hydrogen-bond acceptors (Lipinski definition) is 3. The summed E-state index contributed by atoms with van der Waals surface area (Å²) in [5, 5.41) is 8.72. The number of nitriles is 1. The Morgan fingerprint density at radius 2 is 2.00 bits per heavy atom. The molecule has 0 aliphatic heterocycles. The molecular weight excluding hydrogens is 226 g/mol. The van der Waals surface area contributed by atoms with Gasteiger partial charge in [0.25, 0.3) is 5.56 Å². The van der Waals surface area contributed by atoms with Crippen molar-refractivity contribution in [1.29, 1.82) is 5.26 Å². The molecule has 0 saturated heterocycles. The van der Waals surface area contributed by atoms with Crippen molar-refractivity contribution >= 4 is 5.69 Å². The van der Waals surface area contributed by atoms with Crippen LogP contribution in [-0.2, 0) is 0 Å². The Balaban J connectivity index is 2.50. The van der Waals surface area contributed by atoms with Crippen molar-refractivity contribution in [3.63, 3.8) is 0 Å². The van der Waals surface area contributed by atoms with Gasteiger partial charge in [-0.2, -0.15) is 5.26 Å². The van der Waals surface area contributed by atoms with E-state index < -0.39 is 0 Å². The minimum atomic E-state index is -0.356. The molecule has 0 amide bonds. The minimum Gasteiger partial charge on any atom is -0.378 e. The zero-order valence-electron chi connectivity index (χ0n) is 10.3. The first-order valence-electron chi connectivity index (χ1n) is 5.53. The van der Waals surface area contributed by atoms with Gasteiger partial charge >= 0.3 is 0 Å². The number of nitrogens with zero attached hydrogens (tertiary/aromatic N) is 2. The molecule has 1 heterocycles. The number of nitrogens with one attached hydrogen (secondary N) is 1. The van der Waals surface area contributed by atoms with Gasteiger partial charge < -0.3 is 9.88 Å². The maximum Gasteiger partial charge on any atom is 0.266 e. The van der Waals surface area contributed by atoms with E-state index in [0.29, 0.717) is 5.69 Å². The molecule has 1 N–H and O–H groups in total. The third-order valence-electron chi connectivity index (χ3n) is 2.70. The highest BCUT2D eigenvalue weighted by molar-refractivity contribution is 5.65. The van der Waals surface area contributed by atoms with Gasteiger partial charge in [0.1, 0.15) is 11.6 Å². The molecule has 2 aromatic rings. The molecule has 0 fully saturated rings. The number of hydrogen-bond donors (Lipinski definition) is 1. The summed E-state index contributed by atoms with van der Waals surface area (Å²) in [5.74, 6) is 0. The van der Waals surface area contributed by atoms with Gasteiger partial charge in [0, 0.05) is 31.0 Å². The molecule has 90 valence electrons. The standard InChI is InChI=1S/C14H13N3O/c1-17(2)12-5-3-4-10(8-12)13-7-6-11(9-15)14(18)16-13/h3-8H,1-2H3,(H,16,18). The van der Waals surface area contributed by atoms with Gasteiger partial charge in [0.15, 0.2) is 0 Å². The number of aromatic amines is 1. The smallest absolute Gasteiger partial charge is 0.266 e. The molecule has 0 saturated carbocycles. The molecule has 18 heavy (non-hydrogen) atoms. The van der Waals surface area contributed by atoms with E-state index in [-0.39, 0.29) is 11.1 Å². The number of anilines is 1. The summed E-state index contributed by atoms with van der Waals surface area (Å²) in [6.07, 6.45) is 0. The molecule has 0 bridgehead atoms. The third-order valence-corrected chi connectivity index (χ3v) is 2.70. The Bertz CT molecular complexity index is 665. The number of H-pyrrole nitrogens is 1. The van der Waals surface area contributed by atoms with Crippen LogP contribution in [0.1, 0.15) is 5.56 Å². The maximum atomic E-state index is 11.6. The Kier molecular flexibility index (Phi) is 3.16. The van der Waals surface area contributed by atoms with Crippen LogP contribution in [0.15, 0.2) is 41.2 Å². The first-order valence-corrected chi connectivity index (χ1v) is 5.53. The average Bonchev–Trinajstić information content (AvgIpc) is 2.38. The van der Waals surface area contributed by atoms with E-state index in [2.05, 4.69) is 4.98 Å². The topological polar surface area (TPSA) is 59.9 Å². The van der Waals surface area contributed by atoms with Crippen molar-refractivity contribution < 1.29 is 0 Å². The Morgan fingerprint density at radius 1 is 1.22 bits per heavy atom. The number of benzene rings is 1. The first kappa shape index (κ1) is 11.9. The second kappa shape index (κ2) is 4.76. The maximum absolute atomic E-state index is 11.6. The largest absolute Gasteiger partial charge is 0.378 e. The van der Waals surface area contributed by atoms with E-state index in [1.807, 2.05) is 49.3 Å². The van der Waals surface area contributed by atoms with E-state index in [0.717, 1.165) is 11.3 Å². The van der Waals surface area contributed by atoms with Crippen molar-refractivity contribution in [1.82, 2.24) is 4.98 Å². The second-order valence-electron chi connectivity index (χ2n) is 4.17. The highest BCUT2D eigenvalue weighted by atomic mass is 16.1. The van der Waals surface area contributed by atoms with Gasteiger partial charge in [-0.15, -0.1) is 0 Å². The van der Waals surface area contributed by atoms with Crippen LogP contribution in [0.4, 0.5) is 5.69 Å². The lowest BCUT2D eigenvalue weighted by atomic mass is 10.1. The van der Waals surface area contributed by atoms with Gasteiger partial charge in [0.05, 0.1) is 0 Å². The predicted octanol–water partition coefficient (Wildman–Crippen LogP) is 1.98. The molecule has 1 aromatic heterocycles. The first-order chi connectivity index (χ1) is 8.61. The Labute approximate surface area is 105 Å². The summed E-state index contributed by atoms with van der Waals surface area (Å²) in [7, 11) is 3.92. The minimum absolute atomic E-state index is 0.127. The van der Waals surface area contributed by atoms with Crippen LogP contribution in [0, 0.1) is 11.3 Å². The van der Waals surface area contributed by atoms with E-state index in [9.17, 15) is 4.79 Å². The predicted molar refractivity (Wildman–Crippen MR) is 71.5 cm³/mol. The number of pyridine rings is 1. The van der Waals surface area contributed by atoms with Crippen LogP contribution in [0.25, 0.3) is 11.3 Å². The normalized spacial score (nSPS) is 9.83. The quantitative estimate of drug-likeness (QED) is 0.871. The van der Waals surface area contributed by atoms with Crippen LogP contribution in [0.3, 0.4) is 0 Å².